The van der Waals surface area contributed by atoms with E-state index in [1.807, 2.05) is 35.8 Å². The number of allylic oxidation sites excluding steroid dienone is 2. The Balaban J connectivity index is 1.37. The van der Waals surface area contributed by atoms with Gasteiger partial charge in [-0.3, -0.25) is 9.28 Å². The third kappa shape index (κ3) is 9.87. The van der Waals surface area contributed by atoms with E-state index in [9.17, 15) is 13.2 Å². The average molecular weight is 726 g/mol. The number of ether oxygens (including phenoxy) is 2. The minimum absolute atomic E-state index is 0.134. The largest absolute Gasteiger partial charge is 0.491 e. The maximum atomic E-state index is 13.7. The van der Waals surface area contributed by atoms with Crippen LogP contribution in [0.3, 0.4) is 0 Å². The van der Waals surface area contributed by atoms with Crippen molar-refractivity contribution in [2.75, 3.05) is 38.2 Å². The van der Waals surface area contributed by atoms with Crippen LogP contribution in [0, 0.1) is 0 Å². The summed E-state index contributed by atoms with van der Waals surface area (Å²) < 4.78 is 40.6. The molecule has 1 aliphatic rings. The number of amides is 1. The summed E-state index contributed by atoms with van der Waals surface area (Å²) in [4.78, 5) is 18.0. The quantitative estimate of drug-likeness (QED) is 0.0815. The number of anilines is 1. The number of nitrogens with zero attached hydrogens (tertiary/aromatic N) is 3. The van der Waals surface area contributed by atoms with Crippen LogP contribution in [-0.2, 0) is 31.7 Å². The molecule has 4 aromatic rings. The van der Waals surface area contributed by atoms with Crippen molar-refractivity contribution in [3.8, 4) is 5.75 Å². The van der Waals surface area contributed by atoms with Crippen LogP contribution in [0.5, 0.6) is 5.75 Å². The summed E-state index contributed by atoms with van der Waals surface area (Å²) in [6.45, 7) is 10.7. The van der Waals surface area contributed by atoms with E-state index in [0.29, 0.717) is 47.6 Å². The Labute approximate surface area is 309 Å². The minimum atomic E-state index is -3.59. The number of carbonyl (C=O) groups excluding carboxylic acids is 1. The molecule has 0 spiro atoms. The Morgan fingerprint density at radius 2 is 1.65 bits per heavy atom. The Kier molecular flexibility index (Phi) is 14.0. The number of rotatable bonds is 18. The first-order valence-electron chi connectivity index (χ1n) is 18.6. The van der Waals surface area contributed by atoms with Gasteiger partial charge in [0, 0.05) is 48.7 Å². The lowest BCUT2D eigenvalue weighted by Crippen LogP contribution is -2.49. The second-order valence-corrected chi connectivity index (χ2v) is 15.2. The third-order valence-corrected chi connectivity index (χ3v) is 11.1. The summed E-state index contributed by atoms with van der Waals surface area (Å²) in [6.07, 6.45) is 12.8. The molecule has 276 valence electrons. The highest BCUT2D eigenvalue weighted by molar-refractivity contribution is 7.90. The SMILES string of the molecule is CCCCOCCOc1ccc(C2=CC=C(C(=O)Nc3ccc(S(=O)(=O)Cc4cncn4CCC)cc3)CCC[N+]2(CCC)c2ccccc2)cc1. The van der Waals surface area contributed by atoms with Gasteiger partial charge in [0.15, 0.2) is 9.84 Å². The van der Waals surface area contributed by atoms with Crippen LogP contribution in [0.25, 0.3) is 5.70 Å². The van der Waals surface area contributed by atoms with E-state index >= 15 is 0 Å². The Bertz CT molecular complexity index is 1900. The summed E-state index contributed by atoms with van der Waals surface area (Å²) in [7, 11) is -3.59. The number of unbranched alkanes of at least 4 members (excludes halogenated alkanes) is 1. The van der Waals surface area contributed by atoms with Crippen LogP contribution >= 0.6 is 0 Å². The number of aromatic nitrogens is 2. The van der Waals surface area contributed by atoms with Crippen LogP contribution in [0.4, 0.5) is 11.4 Å². The predicted octanol–water partition coefficient (Wildman–Crippen LogP) is 8.58. The average Bonchev–Trinajstić information content (AvgIpc) is 3.57. The maximum absolute atomic E-state index is 13.7. The molecular formula is C42H53N4O5S+. The Morgan fingerprint density at radius 3 is 2.37 bits per heavy atom. The molecule has 3 aromatic carbocycles. The first-order valence-corrected chi connectivity index (χ1v) is 20.2. The number of benzene rings is 3. The van der Waals surface area contributed by atoms with Crippen molar-refractivity contribution in [1.82, 2.24) is 14.0 Å². The Hall–Kier alpha value is -4.51. The highest BCUT2D eigenvalue weighted by Crippen LogP contribution is 2.38. The zero-order valence-electron chi connectivity index (χ0n) is 30.8. The van der Waals surface area contributed by atoms with E-state index in [-0.39, 0.29) is 16.6 Å². The van der Waals surface area contributed by atoms with Crippen molar-refractivity contribution < 1.29 is 22.7 Å². The molecule has 0 saturated heterocycles. The molecule has 1 aliphatic heterocycles. The number of hydrogen-bond donors (Lipinski definition) is 1. The third-order valence-electron chi connectivity index (χ3n) is 9.40. The minimum Gasteiger partial charge on any atom is -0.491 e. The summed E-state index contributed by atoms with van der Waals surface area (Å²) >= 11 is 0. The number of imidazole rings is 1. The number of carbonyl (C=O) groups is 1. The van der Waals surface area contributed by atoms with Gasteiger partial charge < -0.3 is 19.4 Å². The molecule has 1 N–H and O–H groups in total. The van der Waals surface area contributed by atoms with Crippen molar-refractivity contribution in [2.45, 2.75) is 76.5 Å². The van der Waals surface area contributed by atoms with Gasteiger partial charge in [0.2, 0.25) is 0 Å². The van der Waals surface area contributed by atoms with E-state index in [1.54, 1.807) is 36.8 Å². The zero-order valence-corrected chi connectivity index (χ0v) is 31.6. The second kappa shape index (κ2) is 18.8. The molecule has 0 radical (unpaired) electrons. The molecular weight excluding hydrogens is 673 g/mol. The van der Waals surface area contributed by atoms with E-state index in [2.05, 4.69) is 66.6 Å². The summed E-state index contributed by atoms with van der Waals surface area (Å²) in [5.74, 6) is 0.459. The van der Waals surface area contributed by atoms with Crippen LogP contribution in [-0.4, -0.2) is 56.8 Å². The first-order chi connectivity index (χ1) is 25.3. The van der Waals surface area contributed by atoms with Gasteiger partial charge in [0.05, 0.1) is 42.4 Å². The fourth-order valence-electron chi connectivity index (χ4n) is 6.76. The molecule has 9 nitrogen and oxygen atoms in total. The molecule has 2 heterocycles. The van der Waals surface area contributed by atoms with Crippen molar-refractivity contribution in [1.29, 1.82) is 0 Å². The van der Waals surface area contributed by atoms with E-state index in [4.69, 9.17) is 9.47 Å². The molecule has 52 heavy (non-hydrogen) atoms. The maximum Gasteiger partial charge on any atom is 0.251 e. The van der Waals surface area contributed by atoms with Gasteiger partial charge in [0.1, 0.15) is 23.7 Å². The summed E-state index contributed by atoms with van der Waals surface area (Å²) in [5.41, 5.74) is 5.26. The summed E-state index contributed by atoms with van der Waals surface area (Å²) in [6, 6.07) is 25.3. The normalized spacial score (nSPS) is 16.4. The lowest BCUT2D eigenvalue weighted by Gasteiger charge is -2.40. The number of hydrogen-bond acceptors (Lipinski definition) is 6. The van der Waals surface area contributed by atoms with Crippen LogP contribution < -0.4 is 14.5 Å². The van der Waals surface area contributed by atoms with Gasteiger partial charge >= 0.3 is 0 Å². The molecule has 1 atom stereocenters. The predicted molar refractivity (Wildman–Crippen MR) is 210 cm³/mol. The molecule has 0 saturated carbocycles. The number of quaternary nitrogens is 1. The van der Waals surface area contributed by atoms with E-state index < -0.39 is 9.84 Å². The summed E-state index contributed by atoms with van der Waals surface area (Å²) in [5, 5.41) is 3.01. The van der Waals surface area contributed by atoms with Gasteiger partial charge in [-0.05, 0) is 92.4 Å². The standard InChI is InChI=1S/C42H52N4O5S/c1-4-7-28-50-29-30-51-39-20-15-34(16-21-39)41-24-17-35(12-11-27-46(41,26-6-3)38-13-9-8-10-14-38)42(47)44-36-18-22-40(23-19-36)52(48,49)32-37-31-43-33-45(37)25-5-2/h8-10,13-24,31,33H,4-7,11-12,25-30,32H2,1-3H3/p+1. The van der Waals surface area contributed by atoms with Crippen LogP contribution in [0.2, 0.25) is 0 Å². The lowest BCUT2D eigenvalue weighted by atomic mass is 9.98. The zero-order chi connectivity index (χ0) is 36.8. The first kappa shape index (κ1) is 38.7. The number of nitrogens with one attached hydrogen (secondary N) is 1. The Morgan fingerprint density at radius 1 is 0.885 bits per heavy atom. The fourth-order valence-corrected chi connectivity index (χ4v) is 8.10. The van der Waals surface area contributed by atoms with E-state index in [1.165, 1.54) is 5.69 Å². The molecule has 1 aromatic heterocycles. The van der Waals surface area contributed by atoms with Crippen molar-refractivity contribution in [3.63, 3.8) is 0 Å². The van der Waals surface area contributed by atoms with E-state index in [0.717, 1.165) is 68.8 Å². The van der Waals surface area contributed by atoms with Gasteiger partial charge in [-0.2, -0.15) is 0 Å². The molecule has 5 rings (SSSR count). The van der Waals surface area contributed by atoms with Crippen molar-refractivity contribution in [3.05, 3.63) is 120 Å². The van der Waals surface area contributed by atoms with Gasteiger partial charge in [-0.15, -0.1) is 0 Å². The molecule has 1 amide bonds. The van der Waals surface area contributed by atoms with Crippen LogP contribution in [0.15, 0.2) is 114 Å². The number of sulfone groups is 1. The van der Waals surface area contributed by atoms with Gasteiger partial charge in [-0.25, -0.2) is 13.4 Å². The van der Waals surface area contributed by atoms with Crippen LogP contribution in [0.1, 0.15) is 70.6 Å². The molecule has 10 heteroatoms. The molecule has 0 aliphatic carbocycles. The highest BCUT2D eigenvalue weighted by atomic mass is 32.2. The van der Waals surface area contributed by atoms with Crippen molar-refractivity contribution >= 4 is 32.8 Å². The smallest absolute Gasteiger partial charge is 0.251 e. The molecule has 0 bridgehead atoms. The number of aryl methyl sites for hydroxylation is 1. The fraction of sp³-hybridized carbons (Fsp3) is 0.381. The lowest BCUT2D eigenvalue weighted by molar-refractivity contribution is -0.113. The highest BCUT2D eigenvalue weighted by Gasteiger charge is 2.36. The molecule has 1 unspecified atom stereocenters. The monoisotopic (exact) mass is 725 g/mol. The molecule has 0 fully saturated rings. The second-order valence-electron chi connectivity index (χ2n) is 13.3. The topological polar surface area (TPSA) is 99.5 Å². The number of para-hydroxylation sites is 1. The van der Waals surface area contributed by atoms with Gasteiger partial charge in [-0.1, -0.05) is 45.4 Å². The van der Waals surface area contributed by atoms with Gasteiger partial charge in [0.25, 0.3) is 5.91 Å². The van der Waals surface area contributed by atoms with Crippen molar-refractivity contribution in [2.24, 2.45) is 0 Å².